The molecular formula is C20H18N4O2S2. The van der Waals surface area contributed by atoms with E-state index in [1.54, 1.807) is 42.5 Å². The Morgan fingerprint density at radius 1 is 1.32 bits per heavy atom. The van der Waals surface area contributed by atoms with Crippen LogP contribution < -0.4 is 10.9 Å². The molecule has 8 heteroatoms. The maximum Gasteiger partial charge on any atom is 0.260 e. The largest absolute Gasteiger partial charge is 0.325 e. The van der Waals surface area contributed by atoms with Gasteiger partial charge in [0.2, 0.25) is 5.91 Å². The van der Waals surface area contributed by atoms with Gasteiger partial charge in [-0.2, -0.15) is 5.26 Å². The van der Waals surface area contributed by atoms with Crippen LogP contribution in [0, 0.1) is 11.3 Å². The minimum atomic E-state index is -0.439. The van der Waals surface area contributed by atoms with Gasteiger partial charge in [0.15, 0.2) is 5.16 Å². The highest BCUT2D eigenvalue weighted by Crippen LogP contribution is 2.34. The van der Waals surface area contributed by atoms with E-state index in [0.29, 0.717) is 16.4 Å². The van der Waals surface area contributed by atoms with E-state index in [2.05, 4.69) is 15.3 Å². The minimum Gasteiger partial charge on any atom is -0.325 e. The molecule has 0 aliphatic heterocycles. The number of fused-ring (bicyclic) bond motifs is 3. The number of carbonyl (C=O) groups is 1. The first-order valence-corrected chi connectivity index (χ1v) is 10.8. The number of amides is 1. The fraction of sp³-hybridized carbons (Fsp3) is 0.300. The van der Waals surface area contributed by atoms with Crippen molar-refractivity contribution in [2.75, 3.05) is 5.32 Å². The van der Waals surface area contributed by atoms with Crippen molar-refractivity contribution in [2.24, 2.45) is 0 Å². The number of aromatic amines is 1. The first kappa shape index (κ1) is 18.7. The first-order chi connectivity index (χ1) is 13.5. The maximum atomic E-state index is 12.6. The quantitative estimate of drug-likeness (QED) is 0.503. The zero-order chi connectivity index (χ0) is 19.7. The van der Waals surface area contributed by atoms with Gasteiger partial charge in [0, 0.05) is 10.6 Å². The molecule has 1 atom stereocenters. The minimum absolute atomic E-state index is 0.119. The number of hydrogen-bond donors (Lipinski definition) is 2. The molecule has 0 unspecified atom stereocenters. The lowest BCUT2D eigenvalue weighted by atomic mass is 9.97. The molecule has 0 bridgehead atoms. The number of thioether (sulfide) groups is 1. The number of aryl methyl sites for hydroxylation is 2. The van der Waals surface area contributed by atoms with E-state index in [9.17, 15) is 9.59 Å². The fourth-order valence-corrected chi connectivity index (χ4v) is 5.41. The van der Waals surface area contributed by atoms with Crippen molar-refractivity contribution in [1.29, 1.82) is 5.26 Å². The van der Waals surface area contributed by atoms with Crippen molar-refractivity contribution in [3.05, 3.63) is 50.6 Å². The second kappa shape index (κ2) is 7.78. The molecule has 1 aliphatic rings. The van der Waals surface area contributed by atoms with E-state index in [0.717, 1.165) is 41.5 Å². The van der Waals surface area contributed by atoms with Gasteiger partial charge >= 0.3 is 0 Å². The molecule has 0 spiro atoms. The number of hydrogen-bond acceptors (Lipinski definition) is 6. The van der Waals surface area contributed by atoms with Crippen molar-refractivity contribution in [3.63, 3.8) is 0 Å². The van der Waals surface area contributed by atoms with Crippen LogP contribution in [-0.4, -0.2) is 21.1 Å². The highest BCUT2D eigenvalue weighted by atomic mass is 32.2. The number of benzene rings is 1. The summed E-state index contributed by atoms with van der Waals surface area (Å²) >= 11 is 2.83. The molecular weight excluding hydrogens is 392 g/mol. The van der Waals surface area contributed by atoms with Crippen molar-refractivity contribution in [1.82, 2.24) is 9.97 Å². The topological polar surface area (TPSA) is 98.6 Å². The summed E-state index contributed by atoms with van der Waals surface area (Å²) in [4.78, 5) is 34.5. The normalized spacial score (nSPS) is 14.3. The predicted octanol–water partition coefficient (Wildman–Crippen LogP) is 3.85. The Kier molecular flexibility index (Phi) is 5.20. The Labute approximate surface area is 170 Å². The number of nitriles is 1. The standard InChI is InChI=1S/C20H18N4O2S2/c1-11(17(25)22-13-8-6-12(10-21)7-9-13)27-20-23-18(26)16-14-4-2-3-5-15(14)28-19(16)24-20/h6-9,11H,2-5H2,1H3,(H,22,25)(H,23,24,26)/t11-/m1/s1. The monoisotopic (exact) mass is 410 g/mol. The van der Waals surface area contributed by atoms with Crippen molar-refractivity contribution in [3.8, 4) is 6.07 Å². The fourth-order valence-electron chi connectivity index (χ4n) is 3.29. The van der Waals surface area contributed by atoms with E-state index >= 15 is 0 Å². The summed E-state index contributed by atoms with van der Waals surface area (Å²) in [5.74, 6) is -0.192. The molecule has 4 rings (SSSR count). The smallest absolute Gasteiger partial charge is 0.260 e. The number of carbonyl (C=O) groups excluding carboxylic acids is 1. The molecule has 1 amide bonds. The second-order valence-electron chi connectivity index (χ2n) is 6.70. The van der Waals surface area contributed by atoms with Crippen LogP contribution in [0.4, 0.5) is 5.69 Å². The van der Waals surface area contributed by atoms with Gasteiger partial charge in [-0.15, -0.1) is 11.3 Å². The highest BCUT2D eigenvalue weighted by Gasteiger charge is 2.21. The van der Waals surface area contributed by atoms with Gasteiger partial charge in [-0.05, 0) is 62.4 Å². The summed E-state index contributed by atoms with van der Waals surface area (Å²) in [5, 5.41) is 12.4. The van der Waals surface area contributed by atoms with E-state index in [1.807, 2.05) is 6.07 Å². The van der Waals surface area contributed by atoms with Crippen LogP contribution in [-0.2, 0) is 17.6 Å². The Morgan fingerprint density at radius 2 is 2.07 bits per heavy atom. The molecule has 2 N–H and O–H groups in total. The van der Waals surface area contributed by atoms with Crippen LogP contribution in [0.2, 0.25) is 0 Å². The first-order valence-electron chi connectivity index (χ1n) is 9.07. The van der Waals surface area contributed by atoms with Crippen LogP contribution in [0.25, 0.3) is 10.2 Å². The summed E-state index contributed by atoms with van der Waals surface area (Å²) in [6, 6.07) is 8.73. The summed E-state index contributed by atoms with van der Waals surface area (Å²) in [5.41, 5.74) is 2.20. The average Bonchev–Trinajstić information content (AvgIpc) is 3.07. The van der Waals surface area contributed by atoms with Crippen LogP contribution >= 0.6 is 23.1 Å². The lowest BCUT2D eigenvalue weighted by molar-refractivity contribution is -0.115. The zero-order valence-electron chi connectivity index (χ0n) is 15.2. The van der Waals surface area contributed by atoms with Crippen LogP contribution in [0.15, 0.2) is 34.2 Å². The van der Waals surface area contributed by atoms with Gasteiger partial charge in [-0.25, -0.2) is 4.98 Å². The molecule has 0 radical (unpaired) electrons. The molecule has 6 nitrogen and oxygen atoms in total. The van der Waals surface area contributed by atoms with Crippen LogP contribution in [0.5, 0.6) is 0 Å². The Bertz CT molecular complexity index is 1140. The summed E-state index contributed by atoms with van der Waals surface area (Å²) < 4.78 is 0. The number of thiophene rings is 1. The molecule has 1 aliphatic carbocycles. The van der Waals surface area contributed by atoms with E-state index in [-0.39, 0.29) is 11.5 Å². The van der Waals surface area contributed by atoms with Gasteiger partial charge < -0.3 is 10.3 Å². The SMILES string of the molecule is C[C@@H](Sc1nc2sc3c(c2c(=O)[nH]1)CCCC3)C(=O)Nc1ccc(C#N)cc1. The molecule has 0 saturated heterocycles. The van der Waals surface area contributed by atoms with Crippen LogP contribution in [0.3, 0.4) is 0 Å². The molecule has 3 aromatic rings. The zero-order valence-corrected chi connectivity index (χ0v) is 16.9. The second-order valence-corrected chi connectivity index (χ2v) is 9.11. The maximum absolute atomic E-state index is 12.6. The third kappa shape index (κ3) is 3.68. The summed E-state index contributed by atoms with van der Waals surface area (Å²) in [7, 11) is 0. The predicted molar refractivity (Wildman–Crippen MR) is 112 cm³/mol. The van der Waals surface area contributed by atoms with Crippen molar-refractivity contribution < 1.29 is 4.79 Å². The summed E-state index contributed by atoms with van der Waals surface area (Å²) in [6.45, 7) is 1.77. The van der Waals surface area contributed by atoms with E-state index in [1.165, 1.54) is 16.6 Å². The average molecular weight is 411 g/mol. The molecule has 2 heterocycles. The van der Waals surface area contributed by atoms with Gasteiger partial charge in [-0.1, -0.05) is 11.8 Å². The lowest BCUT2D eigenvalue weighted by Crippen LogP contribution is -2.23. The third-order valence-corrected chi connectivity index (χ3v) is 6.91. The molecule has 1 aromatic carbocycles. The van der Waals surface area contributed by atoms with Gasteiger partial charge in [-0.3, -0.25) is 9.59 Å². The van der Waals surface area contributed by atoms with Crippen molar-refractivity contribution >= 4 is 44.9 Å². The summed E-state index contributed by atoms with van der Waals surface area (Å²) in [6.07, 6.45) is 4.23. The van der Waals surface area contributed by atoms with Crippen LogP contribution in [0.1, 0.15) is 35.8 Å². The van der Waals surface area contributed by atoms with Crippen molar-refractivity contribution in [2.45, 2.75) is 43.0 Å². The number of nitrogens with zero attached hydrogens (tertiary/aromatic N) is 2. The van der Waals surface area contributed by atoms with Gasteiger partial charge in [0.05, 0.1) is 22.3 Å². The Hall–Kier alpha value is -2.63. The van der Waals surface area contributed by atoms with Gasteiger partial charge in [0.1, 0.15) is 4.83 Å². The number of anilines is 1. The molecule has 0 saturated carbocycles. The highest BCUT2D eigenvalue weighted by molar-refractivity contribution is 8.00. The Morgan fingerprint density at radius 3 is 2.82 bits per heavy atom. The number of H-pyrrole nitrogens is 1. The number of rotatable bonds is 4. The van der Waals surface area contributed by atoms with Gasteiger partial charge in [0.25, 0.3) is 5.56 Å². The molecule has 142 valence electrons. The number of nitrogens with one attached hydrogen (secondary N) is 2. The molecule has 28 heavy (non-hydrogen) atoms. The van der Waals surface area contributed by atoms with E-state index < -0.39 is 5.25 Å². The molecule has 0 fully saturated rings. The third-order valence-electron chi connectivity index (χ3n) is 4.74. The number of aromatic nitrogens is 2. The lowest BCUT2D eigenvalue weighted by Gasteiger charge is -2.11. The van der Waals surface area contributed by atoms with E-state index in [4.69, 9.17) is 5.26 Å². The molecule has 2 aromatic heterocycles. The Balaban J connectivity index is 1.51.